The third kappa shape index (κ3) is 2.42. The summed E-state index contributed by atoms with van der Waals surface area (Å²) in [6.45, 7) is 3.72. The first kappa shape index (κ1) is 13.8. The molecule has 5 nitrogen and oxygen atoms in total. The van der Waals surface area contributed by atoms with Crippen molar-refractivity contribution >= 4 is 11.9 Å². The highest BCUT2D eigenvalue weighted by Gasteiger charge is 2.47. The lowest BCUT2D eigenvalue weighted by molar-refractivity contribution is -0.129. The average Bonchev–Trinajstić information content (AvgIpc) is 2.64. The quantitative estimate of drug-likeness (QED) is 0.783. The maximum Gasteiger partial charge on any atom is 0.332 e. The van der Waals surface area contributed by atoms with Crippen molar-refractivity contribution in [1.29, 1.82) is 0 Å². The molecule has 1 aliphatic carbocycles. The van der Waals surface area contributed by atoms with Crippen LogP contribution in [0.15, 0.2) is 23.9 Å². The number of amides is 3. The third-order valence-corrected chi connectivity index (χ3v) is 3.44. The van der Waals surface area contributed by atoms with Crippen LogP contribution in [0.25, 0.3) is 0 Å². The van der Waals surface area contributed by atoms with E-state index < -0.39 is 6.04 Å². The van der Waals surface area contributed by atoms with Gasteiger partial charge in [-0.25, -0.2) is 4.79 Å². The topological polar surface area (TPSA) is 60.9 Å². The van der Waals surface area contributed by atoms with E-state index in [2.05, 4.69) is 0 Å². The fourth-order valence-electron chi connectivity index (χ4n) is 2.55. The van der Waals surface area contributed by atoms with Gasteiger partial charge >= 0.3 is 6.03 Å². The minimum absolute atomic E-state index is 0.0383. The summed E-state index contributed by atoms with van der Waals surface area (Å²) in [6.07, 6.45) is 7.75. The Labute approximate surface area is 113 Å². The van der Waals surface area contributed by atoms with E-state index in [9.17, 15) is 9.59 Å². The molecule has 0 radical (unpaired) electrons. The number of aliphatic hydroxyl groups excluding tert-OH is 1. The Kier molecular flexibility index (Phi) is 4.04. The molecule has 2 rings (SSSR count). The summed E-state index contributed by atoms with van der Waals surface area (Å²) in [5, 5.41) is 8.99. The molecule has 0 spiro atoms. The molecule has 5 heteroatoms. The van der Waals surface area contributed by atoms with E-state index in [1.165, 1.54) is 0 Å². The smallest absolute Gasteiger partial charge is 0.332 e. The Morgan fingerprint density at radius 3 is 2.63 bits per heavy atom. The van der Waals surface area contributed by atoms with Gasteiger partial charge < -0.3 is 5.11 Å². The van der Waals surface area contributed by atoms with Crippen LogP contribution in [-0.4, -0.2) is 46.0 Å². The average molecular weight is 264 g/mol. The fraction of sp³-hybridized carbons (Fsp3) is 0.571. The van der Waals surface area contributed by atoms with Gasteiger partial charge in [-0.3, -0.25) is 14.6 Å². The molecule has 3 amide bonds. The standard InChI is InChI=1S/C14H20N2O3/c1-10(2)12-13(18)15(8-9-17)14(19)16(12)11-6-4-3-5-7-11/h4,6-7,10,12,17H,3,5,8-9H2,1-2H3. The minimum atomic E-state index is -0.465. The van der Waals surface area contributed by atoms with Crippen molar-refractivity contribution in [2.75, 3.05) is 13.2 Å². The van der Waals surface area contributed by atoms with Crippen LogP contribution in [0, 0.1) is 5.92 Å². The lowest BCUT2D eigenvalue weighted by atomic mass is 10.0. The van der Waals surface area contributed by atoms with Crippen LogP contribution in [0.2, 0.25) is 0 Å². The normalized spacial score (nSPS) is 23.6. The Morgan fingerprint density at radius 2 is 2.11 bits per heavy atom. The summed E-state index contributed by atoms with van der Waals surface area (Å²) in [4.78, 5) is 27.4. The van der Waals surface area contributed by atoms with E-state index in [4.69, 9.17) is 5.11 Å². The van der Waals surface area contributed by atoms with E-state index in [1.54, 1.807) is 4.90 Å². The summed E-state index contributed by atoms with van der Waals surface area (Å²) in [5.41, 5.74) is 0.795. The fourth-order valence-corrected chi connectivity index (χ4v) is 2.55. The first-order chi connectivity index (χ1) is 9.07. The Hall–Kier alpha value is -1.62. The van der Waals surface area contributed by atoms with Gasteiger partial charge in [0.2, 0.25) is 0 Å². The van der Waals surface area contributed by atoms with Gasteiger partial charge in [-0.05, 0) is 24.8 Å². The number of imide groups is 1. The van der Waals surface area contributed by atoms with Gasteiger partial charge in [-0.15, -0.1) is 0 Å². The number of β-amino-alcohol motifs (C(OH)–C–C–N with tert-alkyl or cyclic N) is 1. The number of allylic oxidation sites excluding steroid dienone is 3. The van der Waals surface area contributed by atoms with Crippen molar-refractivity contribution in [2.45, 2.75) is 32.7 Å². The minimum Gasteiger partial charge on any atom is -0.395 e. The van der Waals surface area contributed by atoms with Gasteiger partial charge in [0.15, 0.2) is 0 Å². The molecule has 1 fully saturated rings. The molecular weight excluding hydrogens is 244 g/mol. The van der Waals surface area contributed by atoms with Gasteiger partial charge in [-0.1, -0.05) is 26.0 Å². The molecule has 0 aromatic heterocycles. The van der Waals surface area contributed by atoms with Gasteiger partial charge in [0.1, 0.15) is 6.04 Å². The van der Waals surface area contributed by atoms with Crippen LogP contribution in [-0.2, 0) is 4.79 Å². The van der Waals surface area contributed by atoms with Crippen molar-refractivity contribution in [3.05, 3.63) is 23.9 Å². The van der Waals surface area contributed by atoms with Crippen molar-refractivity contribution in [2.24, 2.45) is 5.92 Å². The molecule has 1 unspecified atom stereocenters. The van der Waals surface area contributed by atoms with E-state index in [0.717, 1.165) is 23.4 Å². The molecule has 0 aromatic carbocycles. The van der Waals surface area contributed by atoms with Crippen molar-refractivity contribution in [1.82, 2.24) is 9.80 Å². The molecule has 104 valence electrons. The first-order valence-corrected chi connectivity index (χ1v) is 6.70. The summed E-state index contributed by atoms with van der Waals surface area (Å²) in [7, 11) is 0. The second kappa shape index (κ2) is 5.57. The lowest BCUT2D eigenvalue weighted by Gasteiger charge is -2.26. The number of carbonyl (C=O) groups excluding carboxylic acids is 2. The van der Waals surface area contributed by atoms with E-state index in [-0.39, 0.29) is 31.0 Å². The Balaban J connectivity index is 2.33. The summed E-state index contributed by atoms with van der Waals surface area (Å²) >= 11 is 0. The number of rotatable bonds is 4. The molecule has 1 atom stereocenters. The van der Waals surface area contributed by atoms with Gasteiger partial charge in [0.05, 0.1) is 13.2 Å². The van der Waals surface area contributed by atoms with E-state index in [0.29, 0.717) is 0 Å². The van der Waals surface area contributed by atoms with Crippen LogP contribution >= 0.6 is 0 Å². The van der Waals surface area contributed by atoms with Crippen molar-refractivity contribution in [3.8, 4) is 0 Å². The summed E-state index contributed by atoms with van der Waals surface area (Å²) < 4.78 is 0. The number of carbonyl (C=O) groups is 2. The zero-order chi connectivity index (χ0) is 14.0. The molecular formula is C14H20N2O3. The Morgan fingerprint density at radius 1 is 1.37 bits per heavy atom. The van der Waals surface area contributed by atoms with Gasteiger partial charge in [0.25, 0.3) is 5.91 Å². The molecule has 19 heavy (non-hydrogen) atoms. The zero-order valence-electron chi connectivity index (χ0n) is 11.4. The number of aliphatic hydroxyl groups is 1. The van der Waals surface area contributed by atoms with Crippen LogP contribution in [0.1, 0.15) is 26.7 Å². The molecule has 1 saturated heterocycles. The van der Waals surface area contributed by atoms with Crippen molar-refractivity contribution in [3.63, 3.8) is 0 Å². The van der Waals surface area contributed by atoms with Crippen LogP contribution in [0.4, 0.5) is 4.79 Å². The van der Waals surface area contributed by atoms with Gasteiger partial charge in [-0.2, -0.15) is 0 Å². The second-order valence-electron chi connectivity index (χ2n) is 5.16. The highest BCUT2D eigenvalue weighted by molar-refractivity contribution is 6.05. The predicted molar refractivity (Wildman–Crippen MR) is 71.1 cm³/mol. The number of urea groups is 1. The predicted octanol–water partition coefficient (Wildman–Crippen LogP) is 1.50. The number of nitrogens with zero attached hydrogens (tertiary/aromatic N) is 2. The lowest BCUT2D eigenvalue weighted by Crippen LogP contribution is -2.38. The Bertz CT molecular complexity index is 440. The first-order valence-electron chi connectivity index (χ1n) is 6.70. The van der Waals surface area contributed by atoms with Crippen LogP contribution in [0.5, 0.6) is 0 Å². The summed E-state index contributed by atoms with van der Waals surface area (Å²) in [6, 6.07) is -0.788. The van der Waals surface area contributed by atoms with Crippen molar-refractivity contribution < 1.29 is 14.7 Å². The molecule has 1 N–H and O–H groups in total. The van der Waals surface area contributed by atoms with E-state index in [1.807, 2.05) is 32.1 Å². The van der Waals surface area contributed by atoms with Gasteiger partial charge in [0, 0.05) is 5.70 Å². The summed E-state index contributed by atoms with van der Waals surface area (Å²) in [5.74, 6) is -0.176. The largest absolute Gasteiger partial charge is 0.395 e. The molecule has 0 bridgehead atoms. The highest BCUT2D eigenvalue weighted by atomic mass is 16.3. The van der Waals surface area contributed by atoms with Crippen LogP contribution < -0.4 is 0 Å². The monoisotopic (exact) mass is 264 g/mol. The highest BCUT2D eigenvalue weighted by Crippen LogP contribution is 2.29. The maximum absolute atomic E-state index is 12.4. The maximum atomic E-state index is 12.4. The molecule has 1 heterocycles. The SMILES string of the molecule is CC(C)C1C(=O)N(CCO)C(=O)N1C1=CCCC=C1. The molecule has 2 aliphatic rings. The van der Waals surface area contributed by atoms with Crippen LogP contribution in [0.3, 0.4) is 0 Å². The molecule has 0 saturated carbocycles. The number of hydrogen-bond acceptors (Lipinski definition) is 3. The molecule has 1 aliphatic heterocycles. The third-order valence-electron chi connectivity index (χ3n) is 3.44. The number of hydrogen-bond donors (Lipinski definition) is 1. The molecule has 0 aromatic rings. The second-order valence-corrected chi connectivity index (χ2v) is 5.16. The van der Waals surface area contributed by atoms with E-state index >= 15 is 0 Å². The zero-order valence-corrected chi connectivity index (χ0v) is 11.4.